The average molecular weight is 187 g/mol. The zero-order chi connectivity index (χ0) is 10.3. The zero-order valence-electron chi connectivity index (χ0n) is 9.81. The fourth-order valence-electron chi connectivity index (χ4n) is 1.22. The molecule has 0 aromatic heterocycles. The standard InChI is InChI=1S/C11H25NO/c1-6-13-10(2)8-7-9-12-11(3,4)5/h10,12H,6-9H2,1-5H3. The maximum atomic E-state index is 5.45. The minimum Gasteiger partial charge on any atom is -0.379 e. The van der Waals surface area contributed by atoms with Gasteiger partial charge in [0.2, 0.25) is 0 Å². The summed E-state index contributed by atoms with van der Waals surface area (Å²) in [5.41, 5.74) is 0.245. The molecule has 0 aliphatic rings. The summed E-state index contributed by atoms with van der Waals surface area (Å²) in [4.78, 5) is 0. The van der Waals surface area contributed by atoms with E-state index in [9.17, 15) is 0 Å². The molecule has 2 heteroatoms. The third kappa shape index (κ3) is 9.84. The first-order valence-corrected chi connectivity index (χ1v) is 5.32. The van der Waals surface area contributed by atoms with Gasteiger partial charge in [0.15, 0.2) is 0 Å². The van der Waals surface area contributed by atoms with Gasteiger partial charge in [-0.25, -0.2) is 0 Å². The first kappa shape index (κ1) is 12.9. The second kappa shape index (κ2) is 6.39. The highest BCUT2D eigenvalue weighted by Gasteiger charge is 2.07. The van der Waals surface area contributed by atoms with Crippen molar-refractivity contribution in [2.75, 3.05) is 13.2 Å². The van der Waals surface area contributed by atoms with Crippen LogP contribution in [-0.4, -0.2) is 24.8 Å². The normalized spacial score (nSPS) is 14.5. The fraction of sp³-hybridized carbons (Fsp3) is 1.00. The Labute approximate surface area is 83.1 Å². The highest BCUT2D eigenvalue weighted by Crippen LogP contribution is 2.03. The minimum atomic E-state index is 0.245. The van der Waals surface area contributed by atoms with Gasteiger partial charge < -0.3 is 10.1 Å². The Morgan fingerprint density at radius 1 is 1.31 bits per heavy atom. The van der Waals surface area contributed by atoms with E-state index < -0.39 is 0 Å². The number of nitrogens with one attached hydrogen (secondary N) is 1. The van der Waals surface area contributed by atoms with Crippen LogP contribution in [0.2, 0.25) is 0 Å². The summed E-state index contributed by atoms with van der Waals surface area (Å²) in [5.74, 6) is 0. The lowest BCUT2D eigenvalue weighted by molar-refractivity contribution is 0.0686. The van der Waals surface area contributed by atoms with Crippen LogP contribution < -0.4 is 5.32 Å². The van der Waals surface area contributed by atoms with Crippen LogP contribution in [0.4, 0.5) is 0 Å². The van der Waals surface area contributed by atoms with Gasteiger partial charge in [-0.2, -0.15) is 0 Å². The molecule has 0 aliphatic heterocycles. The van der Waals surface area contributed by atoms with E-state index in [0.29, 0.717) is 6.10 Å². The van der Waals surface area contributed by atoms with E-state index in [0.717, 1.165) is 19.6 Å². The van der Waals surface area contributed by atoms with Gasteiger partial charge in [-0.1, -0.05) is 0 Å². The Morgan fingerprint density at radius 3 is 2.38 bits per heavy atom. The van der Waals surface area contributed by atoms with Crippen LogP contribution in [0, 0.1) is 0 Å². The van der Waals surface area contributed by atoms with Gasteiger partial charge in [-0.15, -0.1) is 0 Å². The summed E-state index contributed by atoms with van der Waals surface area (Å²) in [6.45, 7) is 12.7. The van der Waals surface area contributed by atoms with Gasteiger partial charge in [0.25, 0.3) is 0 Å². The summed E-state index contributed by atoms with van der Waals surface area (Å²) in [7, 11) is 0. The molecule has 0 aromatic rings. The molecule has 2 nitrogen and oxygen atoms in total. The maximum absolute atomic E-state index is 5.45. The zero-order valence-corrected chi connectivity index (χ0v) is 9.81. The molecule has 80 valence electrons. The van der Waals surface area contributed by atoms with Gasteiger partial charge in [0.1, 0.15) is 0 Å². The predicted molar refractivity (Wildman–Crippen MR) is 58.1 cm³/mol. The summed E-state index contributed by atoms with van der Waals surface area (Å²) in [6, 6.07) is 0. The number of hydrogen-bond acceptors (Lipinski definition) is 2. The van der Waals surface area contributed by atoms with E-state index in [-0.39, 0.29) is 5.54 Å². The summed E-state index contributed by atoms with van der Waals surface area (Å²) in [5, 5.41) is 3.46. The Kier molecular flexibility index (Phi) is 6.35. The highest BCUT2D eigenvalue weighted by molar-refractivity contribution is 4.69. The van der Waals surface area contributed by atoms with Crippen LogP contribution in [0.1, 0.15) is 47.5 Å². The van der Waals surface area contributed by atoms with Crippen molar-refractivity contribution < 1.29 is 4.74 Å². The Bertz CT molecular complexity index is 118. The molecule has 1 atom stereocenters. The molecule has 0 heterocycles. The topological polar surface area (TPSA) is 21.3 Å². The molecule has 0 aliphatic carbocycles. The van der Waals surface area contributed by atoms with E-state index in [4.69, 9.17) is 4.74 Å². The largest absolute Gasteiger partial charge is 0.379 e. The fourth-order valence-corrected chi connectivity index (χ4v) is 1.22. The van der Waals surface area contributed by atoms with Crippen LogP contribution in [0.25, 0.3) is 0 Å². The van der Waals surface area contributed by atoms with E-state index in [1.165, 1.54) is 6.42 Å². The van der Waals surface area contributed by atoms with E-state index in [1.54, 1.807) is 0 Å². The lowest BCUT2D eigenvalue weighted by Crippen LogP contribution is -2.36. The van der Waals surface area contributed by atoms with E-state index >= 15 is 0 Å². The molecule has 0 fully saturated rings. The predicted octanol–water partition coefficient (Wildman–Crippen LogP) is 2.58. The van der Waals surface area contributed by atoms with Crippen molar-refractivity contribution in [1.82, 2.24) is 5.32 Å². The summed E-state index contributed by atoms with van der Waals surface area (Å²) in [6.07, 6.45) is 2.75. The van der Waals surface area contributed by atoms with Crippen molar-refractivity contribution in [2.24, 2.45) is 0 Å². The monoisotopic (exact) mass is 187 g/mol. The van der Waals surface area contributed by atoms with E-state index in [1.807, 2.05) is 6.92 Å². The first-order chi connectivity index (χ1) is 5.95. The van der Waals surface area contributed by atoms with Crippen LogP contribution in [0.15, 0.2) is 0 Å². The molecule has 0 aromatic carbocycles. The Morgan fingerprint density at radius 2 is 1.92 bits per heavy atom. The van der Waals surface area contributed by atoms with Crippen molar-refractivity contribution in [3.8, 4) is 0 Å². The molecule has 0 radical (unpaired) electrons. The van der Waals surface area contributed by atoms with Gasteiger partial charge >= 0.3 is 0 Å². The SMILES string of the molecule is CCOC(C)CCCNC(C)(C)C. The molecule has 1 N–H and O–H groups in total. The molecule has 0 rings (SSSR count). The Balaban J connectivity index is 3.25. The third-order valence-electron chi connectivity index (χ3n) is 1.89. The quantitative estimate of drug-likeness (QED) is 0.645. The number of ether oxygens (including phenoxy) is 1. The smallest absolute Gasteiger partial charge is 0.0547 e. The van der Waals surface area contributed by atoms with E-state index in [2.05, 4.69) is 33.0 Å². The van der Waals surface area contributed by atoms with Crippen molar-refractivity contribution in [3.63, 3.8) is 0 Å². The van der Waals surface area contributed by atoms with Crippen LogP contribution in [0.5, 0.6) is 0 Å². The average Bonchev–Trinajstić information content (AvgIpc) is 1.97. The molecule has 0 saturated heterocycles. The van der Waals surface area contributed by atoms with Crippen molar-refractivity contribution in [2.45, 2.75) is 59.1 Å². The number of hydrogen-bond donors (Lipinski definition) is 1. The van der Waals surface area contributed by atoms with Crippen LogP contribution >= 0.6 is 0 Å². The molecule has 13 heavy (non-hydrogen) atoms. The molecule has 0 spiro atoms. The summed E-state index contributed by atoms with van der Waals surface area (Å²) >= 11 is 0. The van der Waals surface area contributed by atoms with Crippen molar-refractivity contribution in [3.05, 3.63) is 0 Å². The van der Waals surface area contributed by atoms with Crippen molar-refractivity contribution in [1.29, 1.82) is 0 Å². The molecular weight excluding hydrogens is 162 g/mol. The Hall–Kier alpha value is -0.0800. The second-order valence-electron chi connectivity index (χ2n) is 4.58. The molecule has 0 saturated carbocycles. The maximum Gasteiger partial charge on any atom is 0.0547 e. The lowest BCUT2D eigenvalue weighted by Gasteiger charge is -2.21. The van der Waals surface area contributed by atoms with Crippen LogP contribution in [0.3, 0.4) is 0 Å². The van der Waals surface area contributed by atoms with Gasteiger partial charge in [0.05, 0.1) is 6.10 Å². The summed E-state index contributed by atoms with van der Waals surface area (Å²) < 4.78 is 5.45. The third-order valence-corrected chi connectivity index (χ3v) is 1.89. The second-order valence-corrected chi connectivity index (χ2v) is 4.58. The molecular formula is C11H25NO. The molecule has 1 unspecified atom stereocenters. The molecule has 0 bridgehead atoms. The van der Waals surface area contributed by atoms with Gasteiger partial charge in [0, 0.05) is 12.1 Å². The van der Waals surface area contributed by atoms with Gasteiger partial charge in [-0.3, -0.25) is 0 Å². The first-order valence-electron chi connectivity index (χ1n) is 5.32. The van der Waals surface area contributed by atoms with Crippen LogP contribution in [-0.2, 0) is 4.74 Å². The molecule has 0 amide bonds. The highest BCUT2D eigenvalue weighted by atomic mass is 16.5. The van der Waals surface area contributed by atoms with Gasteiger partial charge in [-0.05, 0) is 54.0 Å². The minimum absolute atomic E-state index is 0.245. The van der Waals surface area contributed by atoms with Crippen molar-refractivity contribution >= 4 is 0 Å². The lowest BCUT2D eigenvalue weighted by atomic mass is 10.1. The number of rotatable bonds is 6.